The minimum Gasteiger partial charge on any atom is -0.303 e. The Labute approximate surface area is 115 Å². The maximum absolute atomic E-state index is 2.67. The Bertz CT molecular complexity index is 204. The van der Waals surface area contributed by atoms with E-state index in [9.17, 15) is 0 Å². The second-order valence-corrected chi connectivity index (χ2v) is 5.81. The van der Waals surface area contributed by atoms with Crippen molar-refractivity contribution in [3.05, 3.63) is 12.2 Å². The van der Waals surface area contributed by atoms with E-state index in [1.54, 1.807) is 0 Å². The second-order valence-electron chi connectivity index (χ2n) is 5.81. The molecular weight excluding hydrogens is 218 g/mol. The zero-order valence-corrected chi connectivity index (χ0v) is 12.7. The number of unbranched alkanes of at least 4 members (excludes halogenated alkanes) is 4. The van der Waals surface area contributed by atoms with Crippen molar-refractivity contribution >= 4 is 0 Å². The van der Waals surface area contributed by atoms with Crippen LogP contribution in [-0.2, 0) is 0 Å². The Balaban J connectivity index is 2.13. The van der Waals surface area contributed by atoms with Crippen LogP contribution in [0.3, 0.4) is 0 Å². The van der Waals surface area contributed by atoms with Crippen LogP contribution in [0.5, 0.6) is 0 Å². The van der Waals surface area contributed by atoms with Gasteiger partial charge in [-0.1, -0.05) is 51.7 Å². The van der Waals surface area contributed by atoms with Crippen molar-refractivity contribution in [2.45, 2.75) is 71.6 Å². The molecule has 0 aromatic rings. The highest BCUT2D eigenvalue weighted by molar-refractivity contribution is 4.89. The molecule has 0 N–H and O–H groups in total. The molecule has 0 radical (unpaired) electrons. The Morgan fingerprint density at radius 3 is 2.44 bits per heavy atom. The van der Waals surface area contributed by atoms with Crippen molar-refractivity contribution < 1.29 is 0 Å². The standard InChI is InChI=1S/C17H33N/c1-3-5-6-7-8-10-13-17(4-2)16-18-14-11-9-12-15-18/h10,13,17H,3-9,11-12,14-16H2,1-2H3/b13-10+. The summed E-state index contributed by atoms with van der Waals surface area (Å²) in [4.78, 5) is 2.67. The van der Waals surface area contributed by atoms with Crippen molar-refractivity contribution in [3.8, 4) is 0 Å². The Morgan fingerprint density at radius 1 is 1.00 bits per heavy atom. The number of hydrogen-bond acceptors (Lipinski definition) is 1. The first-order chi connectivity index (χ1) is 8.86. The van der Waals surface area contributed by atoms with E-state index in [4.69, 9.17) is 0 Å². The van der Waals surface area contributed by atoms with Crippen molar-refractivity contribution in [3.63, 3.8) is 0 Å². The van der Waals surface area contributed by atoms with Gasteiger partial charge >= 0.3 is 0 Å². The first-order valence-electron chi connectivity index (χ1n) is 8.25. The molecule has 1 atom stereocenters. The molecule has 0 saturated carbocycles. The number of likely N-dealkylation sites (tertiary alicyclic amines) is 1. The zero-order valence-electron chi connectivity index (χ0n) is 12.7. The minimum atomic E-state index is 0.786. The maximum Gasteiger partial charge on any atom is 0.00442 e. The molecule has 1 fully saturated rings. The molecule has 106 valence electrons. The van der Waals surface area contributed by atoms with Gasteiger partial charge in [0.15, 0.2) is 0 Å². The van der Waals surface area contributed by atoms with E-state index in [0.29, 0.717) is 0 Å². The Morgan fingerprint density at radius 2 is 1.78 bits per heavy atom. The molecule has 0 bridgehead atoms. The molecule has 18 heavy (non-hydrogen) atoms. The molecule has 0 aliphatic carbocycles. The topological polar surface area (TPSA) is 3.24 Å². The van der Waals surface area contributed by atoms with Gasteiger partial charge in [-0.2, -0.15) is 0 Å². The summed E-state index contributed by atoms with van der Waals surface area (Å²) >= 11 is 0. The summed E-state index contributed by atoms with van der Waals surface area (Å²) in [5, 5.41) is 0. The van der Waals surface area contributed by atoms with Crippen LogP contribution >= 0.6 is 0 Å². The van der Waals surface area contributed by atoms with Gasteiger partial charge in [-0.25, -0.2) is 0 Å². The molecule has 0 aromatic carbocycles. The fraction of sp³-hybridized carbons (Fsp3) is 0.882. The quantitative estimate of drug-likeness (QED) is 0.410. The summed E-state index contributed by atoms with van der Waals surface area (Å²) in [5.41, 5.74) is 0. The van der Waals surface area contributed by atoms with Gasteiger partial charge in [0, 0.05) is 6.54 Å². The Hall–Kier alpha value is -0.300. The third-order valence-corrected chi connectivity index (χ3v) is 4.10. The normalized spacial score (nSPS) is 19.4. The number of rotatable bonds is 9. The van der Waals surface area contributed by atoms with Gasteiger partial charge in [0.2, 0.25) is 0 Å². The summed E-state index contributed by atoms with van der Waals surface area (Å²) in [6, 6.07) is 0. The predicted octanol–water partition coefficient (Wildman–Crippen LogP) is 5.03. The molecule has 0 aromatic heterocycles. The fourth-order valence-corrected chi connectivity index (χ4v) is 2.78. The molecular formula is C17H33N. The first kappa shape index (κ1) is 15.8. The van der Waals surface area contributed by atoms with Crippen molar-refractivity contribution in [1.29, 1.82) is 0 Å². The van der Waals surface area contributed by atoms with Crippen LogP contribution in [0, 0.1) is 5.92 Å². The third-order valence-electron chi connectivity index (χ3n) is 4.10. The molecule has 1 unspecified atom stereocenters. The molecule has 1 aliphatic rings. The van der Waals surface area contributed by atoms with E-state index >= 15 is 0 Å². The van der Waals surface area contributed by atoms with Crippen LogP contribution in [0.25, 0.3) is 0 Å². The largest absolute Gasteiger partial charge is 0.303 e. The average molecular weight is 251 g/mol. The van der Waals surface area contributed by atoms with E-state index < -0.39 is 0 Å². The molecule has 1 saturated heterocycles. The minimum absolute atomic E-state index is 0.786. The number of piperidine rings is 1. The molecule has 1 heterocycles. The summed E-state index contributed by atoms with van der Waals surface area (Å²) in [5.74, 6) is 0.786. The predicted molar refractivity (Wildman–Crippen MR) is 82.0 cm³/mol. The number of nitrogens with zero attached hydrogens (tertiary/aromatic N) is 1. The lowest BCUT2D eigenvalue weighted by Gasteiger charge is -2.29. The first-order valence-corrected chi connectivity index (χ1v) is 8.25. The van der Waals surface area contributed by atoms with E-state index in [-0.39, 0.29) is 0 Å². The highest BCUT2D eigenvalue weighted by Crippen LogP contribution is 2.14. The summed E-state index contributed by atoms with van der Waals surface area (Å²) < 4.78 is 0. The van der Waals surface area contributed by atoms with Crippen molar-refractivity contribution in [2.75, 3.05) is 19.6 Å². The van der Waals surface area contributed by atoms with Crippen molar-refractivity contribution in [2.24, 2.45) is 5.92 Å². The number of allylic oxidation sites excluding steroid dienone is 1. The SMILES string of the molecule is CCCCCC/C=C/C(CC)CN1CCCCC1. The lowest BCUT2D eigenvalue weighted by atomic mass is 10.0. The summed E-state index contributed by atoms with van der Waals surface area (Å²) in [6.45, 7) is 8.57. The average Bonchev–Trinajstić information content (AvgIpc) is 2.42. The smallest absolute Gasteiger partial charge is 0.00442 e. The lowest BCUT2D eigenvalue weighted by molar-refractivity contribution is 0.207. The molecule has 1 nitrogen and oxygen atoms in total. The van der Waals surface area contributed by atoms with E-state index in [0.717, 1.165) is 5.92 Å². The molecule has 1 rings (SSSR count). The van der Waals surface area contributed by atoms with Gasteiger partial charge in [0.25, 0.3) is 0 Å². The Kier molecular flexibility index (Phi) is 9.28. The van der Waals surface area contributed by atoms with Crippen LogP contribution in [0.4, 0.5) is 0 Å². The molecule has 1 aliphatic heterocycles. The highest BCUT2D eigenvalue weighted by Gasteiger charge is 2.13. The van der Waals surface area contributed by atoms with Crippen LogP contribution in [0.2, 0.25) is 0 Å². The summed E-state index contributed by atoms with van der Waals surface area (Å²) in [7, 11) is 0. The second kappa shape index (κ2) is 10.6. The van der Waals surface area contributed by atoms with Crippen molar-refractivity contribution in [1.82, 2.24) is 4.90 Å². The van der Waals surface area contributed by atoms with Gasteiger partial charge in [-0.15, -0.1) is 0 Å². The van der Waals surface area contributed by atoms with Gasteiger partial charge < -0.3 is 4.90 Å². The zero-order chi connectivity index (χ0) is 13.1. The van der Waals surface area contributed by atoms with E-state index in [2.05, 4.69) is 30.9 Å². The maximum atomic E-state index is 2.67. The van der Waals surface area contributed by atoms with Crippen LogP contribution in [-0.4, -0.2) is 24.5 Å². The third kappa shape index (κ3) is 7.20. The van der Waals surface area contributed by atoms with E-state index in [1.165, 1.54) is 77.4 Å². The van der Waals surface area contributed by atoms with E-state index in [1.807, 2.05) is 0 Å². The van der Waals surface area contributed by atoms with Crippen LogP contribution in [0.1, 0.15) is 71.6 Å². The molecule has 1 heteroatoms. The summed E-state index contributed by atoms with van der Waals surface area (Å²) in [6.07, 6.45) is 17.3. The lowest BCUT2D eigenvalue weighted by Crippen LogP contribution is -2.33. The monoisotopic (exact) mass is 251 g/mol. The molecule has 0 spiro atoms. The van der Waals surface area contributed by atoms with Gasteiger partial charge in [-0.3, -0.25) is 0 Å². The van der Waals surface area contributed by atoms with Gasteiger partial charge in [-0.05, 0) is 51.1 Å². The fourth-order valence-electron chi connectivity index (χ4n) is 2.78. The highest BCUT2D eigenvalue weighted by atomic mass is 15.1. The van der Waals surface area contributed by atoms with Gasteiger partial charge in [0.05, 0.1) is 0 Å². The number of hydrogen-bond donors (Lipinski definition) is 0. The van der Waals surface area contributed by atoms with Crippen LogP contribution < -0.4 is 0 Å². The van der Waals surface area contributed by atoms with Crippen LogP contribution in [0.15, 0.2) is 12.2 Å². The molecule has 0 amide bonds. The van der Waals surface area contributed by atoms with Gasteiger partial charge in [0.1, 0.15) is 0 Å².